The molecular weight excluding hydrogens is 190 g/mol. The Labute approximate surface area is 87.6 Å². The molecule has 0 aliphatic rings. The zero-order valence-corrected chi connectivity index (χ0v) is 8.34. The molecule has 2 rings (SSSR count). The van der Waals surface area contributed by atoms with E-state index in [-0.39, 0.29) is 0 Å². The first-order valence-electron chi connectivity index (χ1n) is 4.56. The summed E-state index contributed by atoms with van der Waals surface area (Å²) in [6.07, 6.45) is 5.34. The van der Waals surface area contributed by atoms with Gasteiger partial charge in [0.05, 0.1) is 7.11 Å². The molecule has 76 valence electrons. The molecule has 0 aliphatic carbocycles. The van der Waals surface area contributed by atoms with Crippen LogP contribution in [0.5, 0.6) is 5.75 Å². The van der Waals surface area contributed by atoms with Crippen LogP contribution in [0.2, 0.25) is 0 Å². The van der Waals surface area contributed by atoms with Gasteiger partial charge in [0.1, 0.15) is 12.1 Å². The second kappa shape index (κ2) is 4.41. The lowest BCUT2D eigenvalue weighted by Gasteiger charge is -1.98. The van der Waals surface area contributed by atoms with Gasteiger partial charge in [0.25, 0.3) is 0 Å². The highest BCUT2D eigenvalue weighted by atomic mass is 16.5. The van der Waals surface area contributed by atoms with Crippen molar-refractivity contribution >= 4 is 12.2 Å². The van der Waals surface area contributed by atoms with Crippen molar-refractivity contribution in [2.75, 3.05) is 7.11 Å². The molecule has 0 spiro atoms. The topological polar surface area (TPSA) is 50.8 Å². The summed E-state index contributed by atoms with van der Waals surface area (Å²) in [6.45, 7) is 0. The van der Waals surface area contributed by atoms with Gasteiger partial charge in [0.2, 0.25) is 0 Å². The summed E-state index contributed by atoms with van der Waals surface area (Å²) in [6, 6.07) is 7.78. The highest BCUT2D eigenvalue weighted by molar-refractivity contribution is 5.66. The van der Waals surface area contributed by atoms with Crippen molar-refractivity contribution in [2.24, 2.45) is 0 Å². The Hall–Kier alpha value is -2.10. The van der Waals surface area contributed by atoms with Crippen molar-refractivity contribution in [2.45, 2.75) is 0 Å². The third-order valence-electron chi connectivity index (χ3n) is 1.97. The van der Waals surface area contributed by atoms with Crippen molar-refractivity contribution in [1.82, 2.24) is 15.2 Å². The number of hydrogen-bond acceptors (Lipinski definition) is 3. The average Bonchev–Trinajstić information content (AvgIpc) is 2.80. The molecule has 0 fully saturated rings. The summed E-state index contributed by atoms with van der Waals surface area (Å²) in [7, 11) is 1.65. The summed E-state index contributed by atoms with van der Waals surface area (Å²) in [5, 5.41) is 6.57. The van der Waals surface area contributed by atoms with Gasteiger partial charge in [-0.2, -0.15) is 5.10 Å². The van der Waals surface area contributed by atoms with Gasteiger partial charge in [-0.15, -0.1) is 0 Å². The van der Waals surface area contributed by atoms with Crippen LogP contribution in [-0.4, -0.2) is 22.3 Å². The highest BCUT2D eigenvalue weighted by Crippen LogP contribution is 2.12. The van der Waals surface area contributed by atoms with Crippen molar-refractivity contribution in [3.05, 3.63) is 42.0 Å². The van der Waals surface area contributed by atoms with Crippen LogP contribution in [0.25, 0.3) is 12.2 Å². The van der Waals surface area contributed by atoms with Crippen LogP contribution in [0.3, 0.4) is 0 Å². The summed E-state index contributed by atoms with van der Waals surface area (Å²) in [5.74, 6) is 1.52. The fourth-order valence-corrected chi connectivity index (χ4v) is 1.18. The summed E-state index contributed by atoms with van der Waals surface area (Å²) in [4.78, 5) is 3.99. The molecule has 2 aromatic rings. The number of benzene rings is 1. The molecule has 0 aliphatic heterocycles. The number of rotatable bonds is 3. The van der Waals surface area contributed by atoms with Gasteiger partial charge in [-0.25, -0.2) is 4.98 Å². The van der Waals surface area contributed by atoms with Crippen LogP contribution in [-0.2, 0) is 0 Å². The number of methoxy groups -OCH3 is 1. The monoisotopic (exact) mass is 201 g/mol. The van der Waals surface area contributed by atoms with E-state index < -0.39 is 0 Å². The van der Waals surface area contributed by atoms with Crippen LogP contribution in [0.1, 0.15) is 11.4 Å². The lowest BCUT2D eigenvalue weighted by atomic mass is 10.2. The van der Waals surface area contributed by atoms with Crippen LogP contribution < -0.4 is 4.74 Å². The molecule has 0 atom stereocenters. The lowest BCUT2D eigenvalue weighted by molar-refractivity contribution is 0.415. The van der Waals surface area contributed by atoms with Crippen LogP contribution in [0.4, 0.5) is 0 Å². The second-order valence-corrected chi connectivity index (χ2v) is 2.96. The fraction of sp³-hybridized carbons (Fsp3) is 0.0909. The van der Waals surface area contributed by atoms with E-state index in [1.54, 1.807) is 13.4 Å². The van der Waals surface area contributed by atoms with Gasteiger partial charge in [0, 0.05) is 0 Å². The minimum atomic E-state index is 0.672. The summed E-state index contributed by atoms with van der Waals surface area (Å²) >= 11 is 0. The van der Waals surface area contributed by atoms with Gasteiger partial charge in [0.15, 0.2) is 5.82 Å². The summed E-state index contributed by atoms with van der Waals surface area (Å²) < 4.78 is 5.07. The number of aromatic nitrogens is 3. The minimum absolute atomic E-state index is 0.672. The molecule has 0 amide bonds. The number of nitrogens with zero attached hydrogens (tertiary/aromatic N) is 2. The Bertz CT molecular complexity index is 431. The number of H-pyrrole nitrogens is 1. The molecule has 1 aromatic carbocycles. The molecule has 0 radical (unpaired) electrons. The maximum absolute atomic E-state index is 5.07. The molecule has 1 aromatic heterocycles. The molecule has 15 heavy (non-hydrogen) atoms. The van der Waals surface area contributed by atoms with Gasteiger partial charge in [-0.1, -0.05) is 18.2 Å². The van der Waals surface area contributed by atoms with Crippen LogP contribution >= 0.6 is 0 Å². The maximum Gasteiger partial charge on any atom is 0.173 e. The Kier molecular flexibility index (Phi) is 2.78. The maximum atomic E-state index is 5.07. The molecule has 4 heteroatoms. The van der Waals surface area contributed by atoms with Crippen molar-refractivity contribution in [3.63, 3.8) is 0 Å². The van der Waals surface area contributed by atoms with Crippen molar-refractivity contribution in [1.29, 1.82) is 0 Å². The standard InChI is InChI=1S/C11H11N3O/c1-15-10-5-2-9(3-6-10)4-7-11-12-8-13-14-11/h2-8H,1H3,(H,12,13,14)/b7-4+. The van der Waals surface area contributed by atoms with Crippen molar-refractivity contribution in [3.8, 4) is 5.75 Å². The number of aromatic amines is 1. The molecular formula is C11H11N3O. The van der Waals surface area contributed by atoms with Crippen molar-refractivity contribution < 1.29 is 4.74 Å². The van der Waals surface area contributed by atoms with E-state index in [0.717, 1.165) is 11.3 Å². The fourth-order valence-electron chi connectivity index (χ4n) is 1.18. The van der Waals surface area contributed by atoms with E-state index in [1.807, 2.05) is 36.4 Å². The zero-order valence-electron chi connectivity index (χ0n) is 8.34. The molecule has 0 saturated carbocycles. The average molecular weight is 201 g/mol. The lowest BCUT2D eigenvalue weighted by Crippen LogP contribution is -1.81. The zero-order chi connectivity index (χ0) is 10.5. The highest BCUT2D eigenvalue weighted by Gasteiger charge is 1.91. The van der Waals surface area contributed by atoms with E-state index in [1.165, 1.54) is 0 Å². The number of ether oxygens (including phenoxy) is 1. The predicted molar refractivity (Wildman–Crippen MR) is 58.3 cm³/mol. The molecule has 0 saturated heterocycles. The van der Waals surface area contributed by atoms with E-state index >= 15 is 0 Å². The minimum Gasteiger partial charge on any atom is -0.497 e. The largest absolute Gasteiger partial charge is 0.497 e. The van der Waals surface area contributed by atoms with Gasteiger partial charge >= 0.3 is 0 Å². The first-order chi connectivity index (χ1) is 7.38. The Morgan fingerprint density at radius 3 is 2.60 bits per heavy atom. The molecule has 1 heterocycles. The van der Waals surface area contributed by atoms with Crippen LogP contribution in [0.15, 0.2) is 30.6 Å². The normalized spacial score (nSPS) is 10.7. The SMILES string of the molecule is COc1ccc(/C=C/c2nc[nH]n2)cc1. The summed E-state index contributed by atoms with van der Waals surface area (Å²) in [5.41, 5.74) is 1.08. The van der Waals surface area contributed by atoms with E-state index in [0.29, 0.717) is 5.82 Å². The smallest absolute Gasteiger partial charge is 0.173 e. The van der Waals surface area contributed by atoms with Gasteiger partial charge in [-0.3, -0.25) is 5.10 Å². The van der Waals surface area contributed by atoms with Gasteiger partial charge in [-0.05, 0) is 23.8 Å². The Morgan fingerprint density at radius 1 is 1.20 bits per heavy atom. The number of hydrogen-bond donors (Lipinski definition) is 1. The third-order valence-corrected chi connectivity index (χ3v) is 1.97. The molecule has 0 bridgehead atoms. The van der Waals surface area contributed by atoms with Gasteiger partial charge < -0.3 is 4.74 Å². The first kappa shape index (κ1) is 9.45. The van der Waals surface area contributed by atoms with E-state index in [9.17, 15) is 0 Å². The predicted octanol–water partition coefficient (Wildman–Crippen LogP) is 1.98. The third kappa shape index (κ3) is 2.43. The van der Waals surface area contributed by atoms with Crippen LogP contribution in [0, 0.1) is 0 Å². The molecule has 4 nitrogen and oxygen atoms in total. The Morgan fingerprint density at radius 2 is 2.00 bits per heavy atom. The first-order valence-corrected chi connectivity index (χ1v) is 4.56. The number of nitrogens with one attached hydrogen (secondary N) is 1. The molecule has 0 unspecified atom stereocenters. The van der Waals surface area contributed by atoms with E-state index in [2.05, 4.69) is 15.2 Å². The second-order valence-electron chi connectivity index (χ2n) is 2.96. The Balaban J connectivity index is 2.11. The van der Waals surface area contributed by atoms with E-state index in [4.69, 9.17) is 4.74 Å². The molecule has 1 N–H and O–H groups in total. The quantitative estimate of drug-likeness (QED) is 0.826.